The summed E-state index contributed by atoms with van der Waals surface area (Å²) in [6.07, 6.45) is 4.74. The first kappa shape index (κ1) is 33.2. The van der Waals surface area contributed by atoms with Crippen LogP contribution in [0.15, 0.2) is 75.4 Å². The van der Waals surface area contributed by atoms with Crippen LogP contribution >= 0.6 is 0 Å². The van der Waals surface area contributed by atoms with Gasteiger partial charge in [0.25, 0.3) is 11.8 Å². The number of allylic oxidation sites excluding steroid dienone is 2. The summed E-state index contributed by atoms with van der Waals surface area (Å²) in [7, 11) is 0. The van der Waals surface area contributed by atoms with E-state index < -0.39 is 5.82 Å². The van der Waals surface area contributed by atoms with E-state index >= 15 is 0 Å². The molecule has 3 rings (SSSR count). The Bertz CT molecular complexity index is 1370. The average Bonchev–Trinajstić information content (AvgIpc) is 3.33. The van der Waals surface area contributed by atoms with Crippen molar-refractivity contribution in [3.05, 3.63) is 82.7 Å². The van der Waals surface area contributed by atoms with E-state index in [0.29, 0.717) is 35.8 Å². The summed E-state index contributed by atoms with van der Waals surface area (Å²) in [5.74, 6) is 0.168. The van der Waals surface area contributed by atoms with Gasteiger partial charge in [-0.2, -0.15) is 10.6 Å². The van der Waals surface area contributed by atoms with Crippen LogP contribution in [-0.2, 0) is 4.79 Å². The van der Waals surface area contributed by atoms with E-state index in [2.05, 4.69) is 61.5 Å². The SMILES string of the molecule is C=NN/N=C(\N)CNC(=O)c1ccc([C@@H](CC/C(C)=C/C)N2C(=O)C(c3cccc(F)c3)=NC2CCC(C)C(C)C)cc1. The summed E-state index contributed by atoms with van der Waals surface area (Å²) in [5, 5.41) is 9.84. The lowest BCUT2D eigenvalue weighted by Gasteiger charge is -2.34. The Balaban J connectivity index is 1.94. The fraction of sp³-hybridized carbons (Fsp3) is 0.424. The van der Waals surface area contributed by atoms with Gasteiger partial charge >= 0.3 is 0 Å². The van der Waals surface area contributed by atoms with E-state index in [4.69, 9.17) is 10.7 Å². The van der Waals surface area contributed by atoms with Gasteiger partial charge in [-0.05, 0) is 81.2 Å². The van der Waals surface area contributed by atoms with Crippen LogP contribution in [0, 0.1) is 17.7 Å². The van der Waals surface area contributed by atoms with Gasteiger partial charge in [0, 0.05) is 17.8 Å². The number of hydrazone groups is 2. The van der Waals surface area contributed by atoms with Crippen LogP contribution in [0.25, 0.3) is 0 Å². The molecule has 1 aliphatic heterocycles. The Labute approximate surface area is 254 Å². The summed E-state index contributed by atoms with van der Waals surface area (Å²) in [5.41, 5.74) is 11.4. The summed E-state index contributed by atoms with van der Waals surface area (Å²) in [6.45, 7) is 14.0. The molecular weight excluding hydrogens is 545 g/mol. The Morgan fingerprint density at radius 2 is 1.91 bits per heavy atom. The zero-order valence-corrected chi connectivity index (χ0v) is 25.8. The second-order valence-corrected chi connectivity index (χ2v) is 11.3. The highest BCUT2D eigenvalue weighted by atomic mass is 19.1. The molecule has 0 radical (unpaired) electrons. The monoisotopic (exact) mass is 589 g/mol. The minimum absolute atomic E-state index is 0.0350. The number of hydrogen-bond donors (Lipinski definition) is 3. The van der Waals surface area contributed by atoms with Crippen molar-refractivity contribution < 1.29 is 14.0 Å². The third kappa shape index (κ3) is 9.07. The molecule has 0 spiro atoms. The molecule has 4 N–H and O–H groups in total. The van der Waals surface area contributed by atoms with Crippen molar-refractivity contribution in [1.82, 2.24) is 15.8 Å². The Hall–Kier alpha value is -4.34. The van der Waals surface area contributed by atoms with Crippen molar-refractivity contribution in [2.75, 3.05) is 6.54 Å². The van der Waals surface area contributed by atoms with Gasteiger partial charge in [-0.1, -0.05) is 56.7 Å². The fourth-order valence-corrected chi connectivity index (χ4v) is 4.90. The molecule has 43 heavy (non-hydrogen) atoms. The van der Waals surface area contributed by atoms with Crippen molar-refractivity contribution in [3.8, 4) is 0 Å². The number of nitrogens with zero attached hydrogens (tertiary/aromatic N) is 4. The van der Waals surface area contributed by atoms with Crippen molar-refractivity contribution >= 4 is 30.1 Å². The number of nitrogens with one attached hydrogen (secondary N) is 2. The summed E-state index contributed by atoms with van der Waals surface area (Å²) < 4.78 is 14.2. The molecule has 0 fully saturated rings. The van der Waals surface area contributed by atoms with Crippen molar-refractivity contribution in [2.45, 2.75) is 72.5 Å². The molecule has 230 valence electrons. The van der Waals surface area contributed by atoms with Gasteiger partial charge in [-0.25, -0.2) is 4.39 Å². The number of rotatable bonds is 15. The number of hydrogen-bond acceptors (Lipinski definition) is 6. The highest BCUT2D eigenvalue weighted by Crippen LogP contribution is 2.36. The normalized spacial score (nSPS) is 17.1. The van der Waals surface area contributed by atoms with Gasteiger partial charge in [-0.3, -0.25) is 14.6 Å². The molecule has 1 aliphatic rings. The van der Waals surface area contributed by atoms with E-state index in [0.717, 1.165) is 18.4 Å². The molecular formula is C33H44FN7O2. The number of aliphatic imine (C=N–C) groups is 1. The third-order valence-corrected chi connectivity index (χ3v) is 8.05. The van der Waals surface area contributed by atoms with E-state index in [1.165, 1.54) is 17.7 Å². The maximum Gasteiger partial charge on any atom is 0.274 e. The van der Waals surface area contributed by atoms with Crippen molar-refractivity contribution in [2.24, 2.45) is 32.8 Å². The number of amidine groups is 1. The van der Waals surface area contributed by atoms with Crippen LogP contribution < -0.4 is 16.6 Å². The van der Waals surface area contributed by atoms with Crippen LogP contribution in [0.3, 0.4) is 0 Å². The van der Waals surface area contributed by atoms with Crippen LogP contribution in [0.1, 0.15) is 87.8 Å². The fourth-order valence-electron chi connectivity index (χ4n) is 4.90. The Morgan fingerprint density at radius 1 is 1.19 bits per heavy atom. The predicted molar refractivity (Wildman–Crippen MR) is 171 cm³/mol. The molecule has 2 aromatic carbocycles. The summed E-state index contributed by atoms with van der Waals surface area (Å²) in [6, 6.07) is 13.0. The predicted octanol–water partition coefficient (Wildman–Crippen LogP) is 5.55. The maximum atomic E-state index is 14.2. The first-order chi connectivity index (χ1) is 20.5. The topological polar surface area (TPSA) is 125 Å². The number of benzene rings is 2. The molecule has 2 amide bonds. The van der Waals surface area contributed by atoms with E-state index in [1.54, 1.807) is 24.3 Å². The lowest BCUT2D eigenvalue weighted by Crippen LogP contribution is -2.40. The zero-order chi connectivity index (χ0) is 31.5. The molecule has 9 nitrogen and oxygen atoms in total. The second-order valence-electron chi connectivity index (χ2n) is 11.3. The highest BCUT2D eigenvalue weighted by molar-refractivity contribution is 6.46. The van der Waals surface area contributed by atoms with E-state index in [1.807, 2.05) is 24.0 Å². The number of carbonyl (C=O) groups is 2. The van der Waals surface area contributed by atoms with Gasteiger partial charge in [-0.15, -0.1) is 5.10 Å². The molecule has 10 heteroatoms. The first-order valence-corrected chi connectivity index (χ1v) is 14.7. The molecule has 1 heterocycles. The van der Waals surface area contributed by atoms with Crippen LogP contribution in [0.2, 0.25) is 0 Å². The quantitative estimate of drug-likeness (QED) is 0.109. The van der Waals surface area contributed by atoms with E-state index in [-0.39, 0.29) is 42.1 Å². The standard InChI is InChI=1S/C33H44FN7O2/c1-7-22(4)11-17-28(24-13-15-25(16-14-24)32(42)37-20-29(35)39-40-36-6)41-30(18-12-23(5)21(2)3)38-31(33(41)43)26-9-8-10-27(34)19-26/h7-10,13-16,19,21,23,28,30,40H,6,11-12,17-18,20H2,1-5H3,(H2,35,39)(H,37,42)/b22-7+/t23?,28-,30?/m1/s1. The molecule has 2 unspecified atom stereocenters. The van der Waals surface area contributed by atoms with Crippen molar-refractivity contribution in [3.63, 3.8) is 0 Å². The smallest absolute Gasteiger partial charge is 0.274 e. The summed E-state index contributed by atoms with van der Waals surface area (Å²) in [4.78, 5) is 33.6. The largest absolute Gasteiger partial charge is 0.384 e. The molecule has 2 aromatic rings. The second kappa shape index (κ2) is 15.8. The number of carbonyl (C=O) groups excluding carboxylic acids is 2. The minimum atomic E-state index is -0.410. The minimum Gasteiger partial charge on any atom is -0.384 e. The molecule has 0 saturated heterocycles. The average molecular weight is 590 g/mol. The van der Waals surface area contributed by atoms with Crippen LogP contribution in [-0.4, -0.2) is 47.7 Å². The molecule has 3 atom stereocenters. The number of halogens is 1. The summed E-state index contributed by atoms with van der Waals surface area (Å²) >= 11 is 0. The van der Waals surface area contributed by atoms with Crippen LogP contribution in [0.4, 0.5) is 4.39 Å². The zero-order valence-electron chi connectivity index (χ0n) is 25.8. The maximum absolute atomic E-state index is 14.2. The molecule has 0 bridgehead atoms. The highest BCUT2D eigenvalue weighted by Gasteiger charge is 2.40. The van der Waals surface area contributed by atoms with Crippen molar-refractivity contribution in [1.29, 1.82) is 0 Å². The Morgan fingerprint density at radius 3 is 2.53 bits per heavy atom. The lowest BCUT2D eigenvalue weighted by atomic mass is 9.91. The molecule has 0 aliphatic carbocycles. The first-order valence-electron chi connectivity index (χ1n) is 14.7. The molecule has 0 aromatic heterocycles. The molecule has 0 saturated carbocycles. The number of nitrogens with two attached hydrogens (primary N) is 1. The lowest BCUT2D eigenvalue weighted by molar-refractivity contribution is -0.127. The van der Waals surface area contributed by atoms with E-state index in [9.17, 15) is 14.0 Å². The van der Waals surface area contributed by atoms with Gasteiger partial charge in [0.1, 0.15) is 23.5 Å². The van der Waals surface area contributed by atoms with Gasteiger partial charge in [0.05, 0.1) is 12.6 Å². The van der Waals surface area contributed by atoms with Gasteiger partial charge < -0.3 is 16.0 Å². The number of amides is 2. The van der Waals surface area contributed by atoms with Crippen LogP contribution in [0.5, 0.6) is 0 Å². The third-order valence-electron chi connectivity index (χ3n) is 8.05. The van der Waals surface area contributed by atoms with Gasteiger partial charge in [0.15, 0.2) is 0 Å². The Kier molecular flexibility index (Phi) is 12.2. The van der Waals surface area contributed by atoms with Gasteiger partial charge in [0.2, 0.25) is 0 Å².